The summed E-state index contributed by atoms with van der Waals surface area (Å²) in [4.78, 5) is 21.0. The summed E-state index contributed by atoms with van der Waals surface area (Å²) >= 11 is 0. The van der Waals surface area contributed by atoms with Crippen LogP contribution in [0.25, 0.3) is 0 Å². The van der Waals surface area contributed by atoms with Crippen LogP contribution in [0.15, 0.2) is 0 Å². The molecule has 0 aromatic rings. The van der Waals surface area contributed by atoms with Gasteiger partial charge in [0.15, 0.2) is 0 Å². The molecule has 0 heterocycles. The van der Waals surface area contributed by atoms with Crippen molar-refractivity contribution in [2.45, 2.75) is 0 Å². The summed E-state index contributed by atoms with van der Waals surface area (Å²) in [5, 5.41) is 0. The highest BCUT2D eigenvalue weighted by atomic mass is 31.0. The summed E-state index contributed by atoms with van der Waals surface area (Å²) in [5.74, 6) is 0. The standard InChI is InChI=1S/C4H9N2O4P/c1-9-3(7)5-6(11)4(8)10-2/h11H2,1-2H3,(H,5,7). The van der Waals surface area contributed by atoms with E-state index in [1.807, 2.05) is 14.8 Å². The maximum atomic E-state index is 10.6. The minimum absolute atomic E-state index is 0.708. The zero-order valence-electron chi connectivity index (χ0n) is 6.16. The number of carbonyl (C=O) groups excluding carboxylic acids is 2. The summed E-state index contributed by atoms with van der Waals surface area (Å²) in [7, 11) is 4.32. The van der Waals surface area contributed by atoms with E-state index in [2.05, 4.69) is 9.47 Å². The number of nitrogens with zero attached hydrogens (tertiary/aromatic N) is 1. The zero-order chi connectivity index (χ0) is 8.85. The van der Waals surface area contributed by atoms with Gasteiger partial charge >= 0.3 is 12.2 Å². The SMILES string of the molecule is COC(=O)NN(P)C(=O)OC. The van der Waals surface area contributed by atoms with Gasteiger partial charge in [0.25, 0.3) is 0 Å². The lowest BCUT2D eigenvalue weighted by atomic mass is 11.1. The van der Waals surface area contributed by atoms with Crippen LogP contribution in [0.5, 0.6) is 0 Å². The van der Waals surface area contributed by atoms with E-state index in [0.717, 1.165) is 4.78 Å². The van der Waals surface area contributed by atoms with Crippen molar-refractivity contribution in [3.05, 3.63) is 0 Å². The van der Waals surface area contributed by atoms with E-state index in [0.29, 0.717) is 0 Å². The topological polar surface area (TPSA) is 67.9 Å². The molecule has 0 spiro atoms. The Morgan fingerprint density at radius 3 is 2.27 bits per heavy atom. The largest absolute Gasteiger partial charge is 0.452 e. The minimum atomic E-state index is -0.745. The fourth-order valence-electron chi connectivity index (χ4n) is 0.288. The molecule has 0 fully saturated rings. The number of amides is 2. The molecule has 0 saturated carbocycles. The van der Waals surface area contributed by atoms with Crippen LogP contribution in [0.1, 0.15) is 0 Å². The maximum absolute atomic E-state index is 10.6. The van der Waals surface area contributed by atoms with Crippen molar-refractivity contribution >= 4 is 21.6 Å². The molecule has 0 aromatic carbocycles. The maximum Gasteiger partial charge on any atom is 0.431 e. The predicted molar refractivity (Wildman–Crippen MR) is 39.5 cm³/mol. The summed E-state index contributed by atoms with van der Waals surface area (Å²) < 4.78 is 9.24. The van der Waals surface area contributed by atoms with Crippen LogP contribution in [0.3, 0.4) is 0 Å². The highest BCUT2D eigenvalue weighted by molar-refractivity contribution is 7.14. The minimum Gasteiger partial charge on any atom is -0.452 e. The van der Waals surface area contributed by atoms with Gasteiger partial charge in [0.1, 0.15) is 0 Å². The molecular weight excluding hydrogens is 171 g/mol. The van der Waals surface area contributed by atoms with Gasteiger partial charge in [0, 0.05) is 0 Å². The van der Waals surface area contributed by atoms with Crippen molar-refractivity contribution < 1.29 is 19.1 Å². The van der Waals surface area contributed by atoms with Crippen LogP contribution in [0, 0.1) is 0 Å². The summed E-state index contributed by atoms with van der Waals surface area (Å²) in [6.45, 7) is 0. The summed E-state index contributed by atoms with van der Waals surface area (Å²) in [5.41, 5.74) is 2.04. The van der Waals surface area contributed by atoms with E-state index in [1.165, 1.54) is 14.2 Å². The Morgan fingerprint density at radius 1 is 1.36 bits per heavy atom. The van der Waals surface area contributed by atoms with E-state index in [-0.39, 0.29) is 0 Å². The first-order valence-corrected chi connectivity index (χ1v) is 3.10. The fraction of sp³-hybridized carbons (Fsp3) is 0.500. The number of nitrogens with one attached hydrogen (secondary N) is 1. The van der Waals surface area contributed by atoms with Gasteiger partial charge in [0.05, 0.1) is 14.2 Å². The predicted octanol–water partition coefficient (Wildman–Crippen LogP) is 0.116. The number of rotatable bonds is 0. The Kier molecular flexibility index (Phi) is 4.29. The Balaban J connectivity index is 3.77. The molecular formula is C4H9N2O4P. The van der Waals surface area contributed by atoms with Gasteiger partial charge in [0.2, 0.25) is 0 Å². The molecule has 7 heteroatoms. The lowest BCUT2D eigenvalue weighted by Crippen LogP contribution is -2.38. The lowest BCUT2D eigenvalue weighted by molar-refractivity contribution is 0.124. The first-order chi connectivity index (χ1) is 5.11. The number of methoxy groups -OCH3 is 2. The molecule has 11 heavy (non-hydrogen) atoms. The molecule has 0 rings (SSSR count). The van der Waals surface area contributed by atoms with Crippen molar-refractivity contribution in [2.24, 2.45) is 0 Å². The van der Waals surface area contributed by atoms with E-state index in [4.69, 9.17) is 0 Å². The van der Waals surface area contributed by atoms with Crippen LogP contribution < -0.4 is 5.43 Å². The van der Waals surface area contributed by atoms with E-state index >= 15 is 0 Å². The fourth-order valence-corrected chi connectivity index (χ4v) is 0.499. The highest BCUT2D eigenvalue weighted by Gasteiger charge is 2.10. The van der Waals surface area contributed by atoms with Gasteiger partial charge in [-0.3, -0.25) is 0 Å². The van der Waals surface area contributed by atoms with E-state index in [9.17, 15) is 9.59 Å². The third-order valence-corrected chi connectivity index (χ3v) is 1.11. The molecule has 64 valence electrons. The number of hydrazine groups is 1. The molecule has 1 atom stereocenters. The summed E-state index contributed by atoms with van der Waals surface area (Å²) in [6, 6.07) is 0. The molecule has 2 amide bonds. The Morgan fingerprint density at radius 2 is 1.91 bits per heavy atom. The van der Waals surface area contributed by atoms with E-state index < -0.39 is 12.2 Å². The Hall–Kier alpha value is -1.03. The van der Waals surface area contributed by atoms with Crippen LogP contribution >= 0.6 is 9.39 Å². The molecule has 0 aliphatic carbocycles. The van der Waals surface area contributed by atoms with Crippen LogP contribution in [-0.4, -0.2) is 31.2 Å². The molecule has 0 aromatic heterocycles. The highest BCUT2D eigenvalue weighted by Crippen LogP contribution is 1.95. The van der Waals surface area contributed by atoms with Crippen molar-refractivity contribution in [1.82, 2.24) is 10.2 Å². The zero-order valence-corrected chi connectivity index (χ0v) is 7.31. The molecule has 1 N–H and O–H groups in total. The number of carbonyl (C=O) groups is 2. The molecule has 0 bridgehead atoms. The van der Waals surface area contributed by atoms with Crippen molar-refractivity contribution in [3.63, 3.8) is 0 Å². The van der Waals surface area contributed by atoms with Crippen molar-refractivity contribution in [1.29, 1.82) is 0 Å². The first kappa shape index (κ1) is 9.97. The molecule has 0 saturated heterocycles. The monoisotopic (exact) mass is 180 g/mol. The van der Waals surface area contributed by atoms with Crippen molar-refractivity contribution in [3.8, 4) is 0 Å². The molecule has 6 nitrogen and oxygen atoms in total. The second-order valence-electron chi connectivity index (χ2n) is 1.44. The number of hydrogen-bond donors (Lipinski definition) is 1. The van der Waals surface area contributed by atoms with Crippen LogP contribution in [0.4, 0.5) is 9.59 Å². The number of hydrogen-bond acceptors (Lipinski definition) is 4. The molecule has 1 unspecified atom stereocenters. The second kappa shape index (κ2) is 4.73. The van der Waals surface area contributed by atoms with Gasteiger partial charge in [-0.25, -0.2) is 19.8 Å². The van der Waals surface area contributed by atoms with Crippen LogP contribution in [-0.2, 0) is 9.47 Å². The van der Waals surface area contributed by atoms with Crippen molar-refractivity contribution in [2.75, 3.05) is 14.2 Å². The average Bonchev–Trinajstić information content (AvgIpc) is 2.02. The number of ether oxygens (including phenoxy) is 2. The van der Waals surface area contributed by atoms with Gasteiger partial charge < -0.3 is 9.47 Å². The molecule has 0 aliphatic heterocycles. The third kappa shape index (κ3) is 3.62. The lowest BCUT2D eigenvalue weighted by Gasteiger charge is -2.14. The van der Waals surface area contributed by atoms with Gasteiger partial charge in [-0.1, -0.05) is 0 Å². The quantitative estimate of drug-likeness (QED) is 0.424. The molecule has 0 aliphatic rings. The van der Waals surface area contributed by atoms with Gasteiger partial charge in [-0.05, 0) is 9.39 Å². The Labute approximate surface area is 66.1 Å². The van der Waals surface area contributed by atoms with E-state index in [1.54, 1.807) is 0 Å². The second-order valence-corrected chi connectivity index (χ2v) is 1.96. The Bertz CT molecular complexity index is 162. The first-order valence-electron chi connectivity index (χ1n) is 2.59. The average molecular weight is 180 g/mol. The van der Waals surface area contributed by atoms with Crippen LogP contribution in [0.2, 0.25) is 0 Å². The van der Waals surface area contributed by atoms with Gasteiger partial charge in [-0.2, -0.15) is 0 Å². The normalized spacial score (nSPS) is 8.27. The molecule has 0 radical (unpaired) electrons. The summed E-state index contributed by atoms with van der Waals surface area (Å²) in [6.07, 6.45) is -1.45. The third-order valence-electron chi connectivity index (χ3n) is 0.768. The van der Waals surface area contributed by atoms with Gasteiger partial charge in [-0.15, -0.1) is 0 Å². The smallest absolute Gasteiger partial charge is 0.431 e.